The fraction of sp³-hybridized carbons (Fsp3) is 0. The van der Waals surface area contributed by atoms with E-state index in [1.54, 1.807) is 0 Å². The van der Waals surface area contributed by atoms with Gasteiger partial charge in [0.1, 0.15) is 0 Å². The van der Waals surface area contributed by atoms with Crippen LogP contribution in [0.4, 0.5) is 4.79 Å². The minimum atomic E-state index is -3.50. The van der Waals surface area contributed by atoms with E-state index in [0.717, 1.165) is 0 Å². The quantitative estimate of drug-likeness (QED) is 0.637. The predicted molar refractivity (Wildman–Crippen MR) is 49.5 cm³/mol. The van der Waals surface area contributed by atoms with E-state index in [0.29, 0.717) is 0 Å². The molecule has 7 heteroatoms. The van der Waals surface area contributed by atoms with E-state index < -0.39 is 9.75 Å². The van der Waals surface area contributed by atoms with E-state index in [2.05, 4.69) is 55.7 Å². The van der Waals surface area contributed by atoms with Gasteiger partial charge in [0, 0.05) is 0 Å². The van der Waals surface area contributed by atoms with Gasteiger partial charge in [0.15, 0.2) is 0 Å². The first-order valence-electron chi connectivity index (χ1n) is 1.33. The second-order valence-electron chi connectivity index (χ2n) is 1.00. The average Bonchev–Trinajstić information content (AvgIpc) is 1.27. The van der Waals surface area contributed by atoms with Crippen molar-refractivity contribution in [3.63, 3.8) is 0 Å². The van der Waals surface area contributed by atoms with Crippen molar-refractivity contribution in [2.45, 2.75) is 0 Å². The molecule has 2 nitrogen and oxygen atoms in total. The summed E-state index contributed by atoms with van der Waals surface area (Å²) in [7, 11) is 0. The molecule has 0 aromatic rings. The molecule has 0 unspecified atom stereocenters. The summed E-state index contributed by atoms with van der Waals surface area (Å²) in [6, 6.07) is 0. The Morgan fingerprint density at radius 3 is 1.38 bits per heavy atom. The third kappa shape index (κ3) is 3.88. The first-order chi connectivity index (χ1) is 3.20. The maximum atomic E-state index is 10.2. The van der Waals surface area contributed by atoms with Crippen molar-refractivity contribution in [2.75, 3.05) is 0 Å². The van der Waals surface area contributed by atoms with Crippen LogP contribution in [0, 0.1) is 0 Å². The number of carbonyl (C=O) groups is 1. The van der Waals surface area contributed by atoms with Gasteiger partial charge in [-0.3, -0.25) is 0 Å². The van der Waals surface area contributed by atoms with Gasteiger partial charge < -0.3 is 0 Å². The normalized spacial score (nSPS) is 16.8. The molecule has 8 heavy (non-hydrogen) atoms. The van der Waals surface area contributed by atoms with Crippen LogP contribution in [0.3, 0.4) is 0 Å². The number of hydrogen-bond acceptors (Lipinski definition) is 1. The Morgan fingerprint density at radius 2 is 1.38 bits per heavy atom. The summed E-state index contributed by atoms with van der Waals surface area (Å²) in [5, 5.41) is 8.40. The van der Waals surface area contributed by atoms with Crippen LogP contribution < -0.4 is 0 Å². The van der Waals surface area contributed by atoms with E-state index in [1.165, 1.54) is 0 Å². The molecular formula is CHAsBr4O2. The Morgan fingerprint density at radius 1 is 1.25 bits per heavy atom. The average molecular weight is 440 g/mol. The van der Waals surface area contributed by atoms with E-state index in [4.69, 9.17) is 5.11 Å². The molecular weight excluding hydrogens is 439 g/mol. The van der Waals surface area contributed by atoms with Gasteiger partial charge in [-0.2, -0.15) is 0 Å². The fourth-order valence-corrected chi connectivity index (χ4v) is 0. The molecule has 50 valence electrons. The maximum absolute atomic E-state index is 10.2. The molecule has 1 N–H and O–H groups in total. The molecule has 0 aliphatic heterocycles. The minimum absolute atomic E-state index is 0.927. The van der Waals surface area contributed by atoms with E-state index >= 15 is 0 Å². The van der Waals surface area contributed by atoms with Gasteiger partial charge in [-0.25, -0.2) is 0 Å². The molecule has 0 aromatic carbocycles. The second kappa shape index (κ2) is 2.53. The van der Waals surface area contributed by atoms with Crippen LogP contribution in [0.1, 0.15) is 0 Å². The van der Waals surface area contributed by atoms with Crippen molar-refractivity contribution in [3.8, 4) is 0 Å². The Kier molecular flexibility index (Phi) is 3.15. The Hall–Kier alpha value is 1.95. The molecule has 0 aromatic heterocycles. The molecule has 0 bridgehead atoms. The molecule has 0 heterocycles. The van der Waals surface area contributed by atoms with Crippen LogP contribution in [0.15, 0.2) is 0 Å². The zero-order valence-corrected chi connectivity index (χ0v) is 11.5. The van der Waals surface area contributed by atoms with Crippen molar-refractivity contribution < 1.29 is 9.90 Å². The summed E-state index contributed by atoms with van der Waals surface area (Å²) >= 11 is 11.9. The third-order valence-electron chi connectivity index (χ3n) is 0.289. The number of hydrogen-bond donors (Lipinski definition) is 1. The van der Waals surface area contributed by atoms with Crippen molar-refractivity contribution in [3.05, 3.63) is 0 Å². The van der Waals surface area contributed by atoms with Crippen molar-refractivity contribution in [1.29, 1.82) is 0 Å². The Balaban J connectivity index is 4.38. The Labute approximate surface area is 74.3 Å². The standard InChI is InChI=1S/CHAsBr4O2/c3-2(4,5,6)1(7)8/h(H,7,8). The van der Waals surface area contributed by atoms with E-state index in [9.17, 15) is 4.79 Å². The summed E-state index contributed by atoms with van der Waals surface area (Å²) in [5.41, 5.74) is 0. The fourth-order valence-electron chi connectivity index (χ4n) is 0. The van der Waals surface area contributed by atoms with Crippen molar-refractivity contribution >= 4 is 65.5 Å². The van der Waals surface area contributed by atoms with Gasteiger partial charge >= 0.3 is 75.4 Å². The van der Waals surface area contributed by atoms with Gasteiger partial charge in [0.25, 0.3) is 0 Å². The molecule has 0 amide bonds. The predicted octanol–water partition coefficient (Wildman–Crippen LogP) is 3.22. The molecule has 0 rings (SSSR count). The van der Waals surface area contributed by atoms with Crippen molar-refractivity contribution in [2.24, 2.45) is 0 Å². The molecule has 0 saturated heterocycles. The Bertz CT molecular complexity index is 114. The van der Waals surface area contributed by atoms with Gasteiger partial charge in [-0.15, -0.1) is 0 Å². The molecule has 0 aliphatic rings. The second-order valence-corrected chi connectivity index (χ2v) is 64.0. The van der Waals surface area contributed by atoms with Crippen LogP contribution in [-0.4, -0.2) is 14.9 Å². The van der Waals surface area contributed by atoms with Crippen LogP contribution >= 0.6 is 55.7 Å². The number of carboxylic acid groups (broad SMARTS) is 1. The zero-order valence-electron chi connectivity index (χ0n) is 3.31. The summed E-state index contributed by atoms with van der Waals surface area (Å²) in [4.78, 5) is 6.74. The van der Waals surface area contributed by atoms with Crippen molar-refractivity contribution in [1.82, 2.24) is 0 Å². The third-order valence-corrected chi connectivity index (χ3v) is 7.81. The molecule has 0 aliphatic carbocycles. The van der Waals surface area contributed by atoms with Crippen LogP contribution in [0.2, 0.25) is 0 Å². The van der Waals surface area contributed by atoms with Crippen LogP contribution in [0.25, 0.3) is 0 Å². The number of halogens is 4. The molecule has 0 atom stereocenters. The van der Waals surface area contributed by atoms with Gasteiger partial charge in [-0.05, 0) is 0 Å². The zero-order chi connectivity index (χ0) is 7.02. The van der Waals surface area contributed by atoms with Gasteiger partial charge in [0.05, 0.1) is 0 Å². The first kappa shape index (κ1) is 9.95. The van der Waals surface area contributed by atoms with Gasteiger partial charge in [0.2, 0.25) is 0 Å². The summed E-state index contributed by atoms with van der Waals surface area (Å²) in [6.07, 6.45) is 0. The summed E-state index contributed by atoms with van der Waals surface area (Å²) in [5.74, 6) is 0. The molecule has 0 saturated carbocycles. The summed E-state index contributed by atoms with van der Waals surface area (Å²) < 4.78 is -0.927. The first-order valence-corrected chi connectivity index (χ1v) is 19.8. The van der Waals surface area contributed by atoms with E-state index in [-0.39, 0.29) is 0 Å². The number of rotatable bonds is 1. The van der Waals surface area contributed by atoms with Crippen LogP contribution in [0.5, 0.6) is 0 Å². The van der Waals surface area contributed by atoms with E-state index in [1.807, 2.05) is 0 Å². The summed E-state index contributed by atoms with van der Waals surface area (Å²) in [6.45, 7) is 0. The van der Waals surface area contributed by atoms with Gasteiger partial charge in [-0.1, -0.05) is 0 Å². The molecule has 0 fully saturated rings. The topological polar surface area (TPSA) is 37.3 Å². The SMILES string of the molecule is O=C(O)[As](Br)(Br)(Br)Br. The monoisotopic (exact) mass is 436 g/mol. The molecule has 0 spiro atoms. The van der Waals surface area contributed by atoms with Crippen LogP contribution in [-0.2, 0) is 0 Å². The molecule has 0 radical (unpaired) electrons.